The Labute approximate surface area is 139 Å². The Morgan fingerprint density at radius 2 is 1.96 bits per heavy atom. The zero-order chi connectivity index (χ0) is 16.8. The fourth-order valence-electron chi connectivity index (χ4n) is 1.78. The molecule has 8 heteroatoms. The molecule has 0 aliphatic heterocycles. The molecule has 0 bridgehead atoms. The highest BCUT2D eigenvalue weighted by Crippen LogP contribution is 2.12. The smallest absolute Gasteiger partial charge is 0.319 e. The van der Waals surface area contributed by atoms with Gasteiger partial charge in [0.2, 0.25) is 5.91 Å². The van der Waals surface area contributed by atoms with Crippen molar-refractivity contribution in [3.8, 4) is 0 Å². The van der Waals surface area contributed by atoms with E-state index < -0.39 is 6.03 Å². The summed E-state index contributed by atoms with van der Waals surface area (Å²) in [5.74, 6) is -0.182. The number of amides is 3. The zero-order valence-electron chi connectivity index (χ0n) is 12.9. The standard InChI is InChI=1S/C15H18ClN5O2/c1-20(2)14(22)8-17-15(23)19-13-7-18-21(10-13)9-11-3-5-12(16)6-4-11/h3-7,10H,8-9H2,1-2H3,(H2,17,19,23). The zero-order valence-corrected chi connectivity index (χ0v) is 13.7. The Bertz CT molecular complexity index is 681. The third-order valence-electron chi connectivity index (χ3n) is 3.05. The number of hydrogen-bond donors (Lipinski definition) is 2. The molecule has 0 aliphatic carbocycles. The highest BCUT2D eigenvalue weighted by Gasteiger charge is 2.08. The molecule has 1 heterocycles. The number of hydrogen-bond acceptors (Lipinski definition) is 3. The van der Waals surface area contributed by atoms with E-state index in [0.29, 0.717) is 17.3 Å². The van der Waals surface area contributed by atoms with E-state index >= 15 is 0 Å². The van der Waals surface area contributed by atoms with Gasteiger partial charge in [0.25, 0.3) is 0 Å². The maximum absolute atomic E-state index is 11.7. The van der Waals surface area contributed by atoms with Gasteiger partial charge in [-0.2, -0.15) is 5.10 Å². The first-order valence-electron chi connectivity index (χ1n) is 6.96. The van der Waals surface area contributed by atoms with Gasteiger partial charge in [0.05, 0.1) is 25.0 Å². The van der Waals surface area contributed by atoms with E-state index in [1.165, 1.54) is 4.90 Å². The van der Waals surface area contributed by atoms with Crippen LogP contribution in [0.3, 0.4) is 0 Å². The van der Waals surface area contributed by atoms with Gasteiger partial charge in [-0.05, 0) is 17.7 Å². The minimum Gasteiger partial charge on any atom is -0.347 e. The summed E-state index contributed by atoms with van der Waals surface area (Å²) in [6.45, 7) is 0.511. The molecule has 0 unspecified atom stereocenters. The average Bonchev–Trinajstić information content (AvgIpc) is 2.94. The second-order valence-electron chi connectivity index (χ2n) is 5.15. The van der Waals surface area contributed by atoms with Crippen molar-refractivity contribution in [2.24, 2.45) is 0 Å². The summed E-state index contributed by atoms with van der Waals surface area (Å²) < 4.78 is 1.70. The van der Waals surface area contributed by atoms with Gasteiger partial charge in [-0.1, -0.05) is 23.7 Å². The van der Waals surface area contributed by atoms with E-state index in [9.17, 15) is 9.59 Å². The molecule has 0 spiro atoms. The highest BCUT2D eigenvalue weighted by atomic mass is 35.5. The van der Waals surface area contributed by atoms with Crippen molar-refractivity contribution in [2.75, 3.05) is 26.0 Å². The summed E-state index contributed by atoms with van der Waals surface area (Å²) in [5.41, 5.74) is 1.60. The lowest BCUT2D eigenvalue weighted by Crippen LogP contribution is -2.38. The van der Waals surface area contributed by atoms with Crippen LogP contribution in [-0.4, -0.2) is 47.3 Å². The third-order valence-corrected chi connectivity index (χ3v) is 3.30. The minimum atomic E-state index is -0.453. The first kappa shape index (κ1) is 16.8. The van der Waals surface area contributed by atoms with Crippen LogP contribution in [0.2, 0.25) is 5.02 Å². The number of carbonyl (C=O) groups is 2. The lowest BCUT2D eigenvalue weighted by Gasteiger charge is -2.10. The summed E-state index contributed by atoms with van der Waals surface area (Å²) >= 11 is 5.84. The summed E-state index contributed by atoms with van der Waals surface area (Å²) in [5, 5.41) is 9.97. The normalized spacial score (nSPS) is 10.2. The molecule has 2 aromatic rings. The molecule has 0 fully saturated rings. The average molecular weight is 336 g/mol. The van der Waals surface area contributed by atoms with Crippen LogP contribution in [0.5, 0.6) is 0 Å². The van der Waals surface area contributed by atoms with Gasteiger partial charge in [-0.25, -0.2) is 4.79 Å². The Kier molecular flexibility index (Phi) is 5.59. The van der Waals surface area contributed by atoms with Crippen molar-refractivity contribution < 1.29 is 9.59 Å². The SMILES string of the molecule is CN(C)C(=O)CNC(=O)Nc1cnn(Cc2ccc(Cl)cc2)c1. The molecular formula is C15H18ClN5O2. The van der Waals surface area contributed by atoms with Gasteiger partial charge < -0.3 is 15.5 Å². The number of anilines is 1. The lowest BCUT2D eigenvalue weighted by molar-refractivity contribution is -0.127. The van der Waals surface area contributed by atoms with Crippen LogP contribution < -0.4 is 10.6 Å². The first-order valence-corrected chi connectivity index (χ1v) is 7.34. The molecule has 23 heavy (non-hydrogen) atoms. The van der Waals surface area contributed by atoms with Crippen LogP contribution in [0.1, 0.15) is 5.56 Å². The van der Waals surface area contributed by atoms with Crippen LogP contribution in [-0.2, 0) is 11.3 Å². The van der Waals surface area contributed by atoms with Crippen molar-refractivity contribution in [1.82, 2.24) is 20.0 Å². The molecule has 0 saturated carbocycles. The van der Waals surface area contributed by atoms with Crippen LogP contribution in [0.4, 0.5) is 10.5 Å². The molecule has 0 aliphatic rings. The Morgan fingerprint density at radius 3 is 2.61 bits per heavy atom. The van der Waals surface area contributed by atoms with Crippen molar-refractivity contribution in [2.45, 2.75) is 6.54 Å². The number of rotatable bonds is 5. The number of urea groups is 1. The van der Waals surface area contributed by atoms with Gasteiger partial charge in [0, 0.05) is 25.3 Å². The fraction of sp³-hybridized carbons (Fsp3) is 0.267. The highest BCUT2D eigenvalue weighted by molar-refractivity contribution is 6.30. The van der Waals surface area contributed by atoms with Gasteiger partial charge >= 0.3 is 6.03 Å². The Morgan fingerprint density at radius 1 is 1.26 bits per heavy atom. The second-order valence-corrected chi connectivity index (χ2v) is 5.59. The van der Waals surface area contributed by atoms with E-state index in [4.69, 9.17) is 11.6 Å². The Hall–Kier alpha value is -2.54. The molecule has 1 aromatic heterocycles. The number of likely N-dealkylation sites (N-methyl/N-ethyl adjacent to an activating group) is 1. The minimum absolute atomic E-state index is 0.0578. The molecule has 3 amide bonds. The van der Waals surface area contributed by atoms with Gasteiger partial charge in [0.15, 0.2) is 0 Å². The molecule has 1 aromatic carbocycles. The number of nitrogens with one attached hydrogen (secondary N) is 2. The molecule has 7 nitrogen and oxygen atoms in total. The van der Waals surface area contributed by atoms with Gasteiger partial charge in [-0.15, -0.1) is 0 Å². The van der Waals surface area contributed by atoms with E-state index in [2.05, 4.69) is 15.7 Å². The monoisotopic (exact) mass is 335 g/mol. The number of halogens is 1. The summed E-state index contributed by atoms with van der Waals surface area (Å²) in [6, 6.07) is 7.00. The van der Waals surface area contributed by atoms with Crippen molar-refractivity contribution >= 4 is 29.2 Å². The van der Waals surface area contributed by atoms with Crippen LogP contribution in [0.25, 0.3) is 0 Å². The molecular weight excluding hydrogens is 318 g/mol. The van der Waals surface area contributed by atoms with Crippen LogP contribution in [0, 0.1) is 0 Å². The molecule has 2 rings (SSSR count). The van der Waals surface area contributed by atoms with E-state index in [1.54, 1.807) is 31.2 Å². The number of aromatic nitrogens is 2. The Balaban J connectivity index is 1.85. The van der Waals surface area contributed by atoms with Crippen LogP contribution in [0.15, 0.2) is 36.7 Å². The fourth-order valence-corrected chi connectivity index (χ4v) is 1.91. The predicted octanol–water partition coefficient (Wildman–Crippen LogP) is 1.79. The van der Waals surface area contributed by atoms with Gasteiger partial charge in [-0.3, -0.25) is 9.48 Å². The number of benzene rings is 1. The summed E-state index contributed by atoms with van der Waals surface area (Å²) in [6.07, 6.45) is 3.26. The summed E-state index contributed by atoms with van der Waals surface area (Å²) in [4.78, 5) is 24.5. The largest absolute Gasteiger partial charge is 0.347 e. The topological polar surface area (TPSA) is 79.3 Å². The number of nitrogens with zero attached hydrogens (tertiary/aromatic N) is 3. The van der Waals surface area contributed by atoms with Crippen molar-refractivity contribution in [3.63, 3.8) is 0 Å². The predicted molar refractivity (Wildman–Crippen MR) is 88.5 cm³/mol. The van der Waals surface area contributed by atoms with E-state index in [1.807, 2.05) is 24.3 Å². The summed E-state index contributed by atoms with van der Waals surface area (Å²) in [7, 11) is 3.26. The second kappa shape index (κ2) is 7.64. The maximum atomic E-state index is 11.7. The van der Waals surface area contributed by atoms with Gasteiger partial charge in [0.1, 0.15) is 0 Å². The molecule has 0 saturated heterocycles. The molecule has 2 N–H and O–H groups in total. The van der Waals surface area contributed by atoms with E-state index in [0.717, 1.165) is 5.56 Å². The number of carbonyl (C=O) groups excluding carboxylic acids is 2. The lowest BCUT2D eigenvalue weighted by atomic mass is 10.2. The van der Waals surface area contributed by atoms with Crippen molar-refractivity contribution in [3.05, 3.63) is 47.2 Å². The molecule has 0 radical (unpaired) electrons. The molecule has 0 atom stereocenters. The van der Waals surface area contributed by atoms with Crippen LogP contribution >= 0.6 is 11.6 Å². The molecule has 122 valence electrons. The van der Waals surface area contributed by atoms with E-state index in [-0.39, 0.29) is 12.5 Å². The quantitative estimate of drug-likeness (QED) is 0.874. The maximum Gasteiger partial charge on any atom is 0.319 e. The first-order chi connectivity index (χ1) is 10.9. The third kappa shape index (κ3) is 5.30. The van der Waals surface area contributed by atoms with Crippen molar-refractivity contribution in [1.29, 1.82) is 0 Å².